The Hall–Kier alpha value is -5.80. The minimum atomic E-state index is -4.61. The molecule has 0 saturated carbocycles. The summed E-state index contributed by atoms with van der Waals surface area (Å²) in [5, 5.41) is 4.03. The van der Waals surface area contributed by atoms with Crippen molar-refractivity contribution in [3.8, 4) is 22.5 Å². The first-order chi connectivity index (χ1) is 23.5. The summed E-state index contributed by atoms with van der Waals surface area (Å²) in [5.41, 5.74) is 9.19. The van der Waals surface area contributed by atoms with Gasteiger partial charge in [-0.05, 0) is 110 Å². The summed E-state index contributed by atoms with van der Waals surface area (Å²) in [7, 11) is 0. The van der Waals surface area contributed by atoms with Crippen LogP contribution in [0, 0.1) is 41.2 Å². The van der Waals surface area contributed by atoms with Crippen LogP contribution in [-0.4, -0.2) is 9.13 Å². The molecule has 0 aliphatic heterocycles. The molecule has 8 rings (SSSR count). The van der Waals surface area contributed by atoms with Crippen LogP contribution >= 0.6 is 0 Å². The van der Waals surface area contributed by atoms with Crippen molar-refractivity contribution in [1.29, 1.82) is 0 Å². The maximum atomic E-state index is 14.8. The molecular formula is C43H32F3N3. The van der Waals surface area contributed by atoms with E-state index in [1.807, 2.05) is 50.5 Å². The van der Waals surface area contributed by atoms with Gasteiger partial charge in [0.25, 0.3) is 0 Å². The lowest BCUT2D eigenvalue weighted by Crippen LogP contribution is -2.10. The second-order valence-corrected chi connectivity index (χ2v) is 13.2. The predicted molar refractivity (Wildman–Crippen MR) is 196 cm³/mol. The first kappa shape index (κ1) is 30.5. The van der Waals surface area contributed by atoms with Gasteiger partial charge in [-0.2, -0.15) is 13.2 Å². The van der Waals surface area contributed by atoms with Crippen LogP contribution in [0.3, 0.4) is 0 Å². The lowest BCUT2D eigenvalue weighted by atomic mass is 9.92. The van der Waals surface area contributed by atoms with Gasteiger partial charge >= 0.3 is 6.18 Å². The summed E-state index contributed by atoms with van der Waals surface area (Å²) in [6, 6.07) is 32.8. The smallest absolute Gasteiger partial charge is 0.319 e. The Morgan fingerprint density at radius 2 is 1.00 bits per heavy atom. The van der Waals surface area contributed by atoms with E-state index in [9.17, 15) is 13.2 Å². The third-order valence-electron chi connectivity index (χ3n) is 9.71. The van der Waals surface area contributed by atoms with E-state index < -0.39 is 11.7 Å². The number of nitrogens with zero attached hydrogens (tertiary/aromatic N) is 3. The Bertz CT molecular complexity index is 2600. The van der Waals surface area contributed by atoms with Crippen molar-refractivity contribution in [3.63, 3.8) is 0 Å². The van der Waals surface area contributed by atoms with Crippen molar-refractivity contribution >= 4 is 49.3 Å². The monoisotopic (exact) mass is 647 g/mol. The first-order valence-electron chi connectivity index (χ1n) is 16.2. The van der Waals surface area contributed by atoms with Gasteiger partial charge in [-0.15, -0.1) is 0 Å². The zero-order chi connectivity index (χ0) is 34.4. The molecule has 240 valence electrons. The van der Waals surface area contributed by atoms with E-state index in [1.54, 1.807) is 19.1 Å². The van der Waals surface area contributed by atoms with Gasteiger partial charge in [-0.25, -0.2) is 4.85 Å². The topological polar surface area (TPSA) is 14.2 Å². The molecule has 49 heavy (non-hydrogen) atoms. The molecule has 0 bridgehead atoms. The highest BCUT2D eigenvalue weighted by Gasteiger charge is 2.36. The quantitative estimate of drug-likeness (QED) is 0.170. The number of rotatable bonds is 3. The van der Waals surface area contributed by atoms with Gasteiger partial charge in [0.2, 0.25) is 5.69 Å². The SMILES string of the molecule is [C-]#[N+]c1c(-n2c3cc(C)ccc3c3ccc(C)cc32)ccc(-c2c(C)cccc2C(F)(F)F)c1-n1c2cc(C)ccc2c2ccc(C)cc21. The Morgan fingerprint density at radius 3 is 1.43 bits per heavy atom. The van der Waals surface area contributed by atoms with E-state index in [-0.39, 0.29) is 11.3 Å². The number of hydrogen-bond donors (Lipinski definition) is 0. The molecule has 0 saturated heterocycles. The lowest BCUT2D eigenvalue weighted by Gasteiger charge is -2.23. The summed E-state index contributed by atoms with van der Waals surface area (Å²) in [6.45, 7) is 18.6. The first-order valence-corrected chi connectivity index (χ1v) is 16.2. The molecule has 0 N–H and O–H groups in total. The van der Waals surface area contributed by atoms with Crippen LogP contribution in [0.15, 0.2) is 103 Å². The van der Waals surface area contributed by atoms with Crippen molar-refractivity contribution < 1.29 is 13.2 Å². The zero-order valence-corrected chi connectivity index (χ0v) is 27.8. The van der Waals surface area contributed by atoms with Crippen LogP contribution in [0.4, 0.5) is 18.9 Å². The third kappa shape index (κ3) is 4.64. The molecule has 0 unspecified atom stereocenters. The lowest BCUT2D eigenvalue weighted by molar-refractivity contribution is -0.137. The molecule has 0 fully saturated rings. The van der Waals surface area contributed by atoms with Gasteiger partial charge in [0.15, 0.2) is 0 Å². The van der Waals surface area contributed by atoms with Crippen LogP contribution < -0.4 is 0 Å². The van der Waals surface area contributed by atoms with Crippen molar-refractivity contribution in [2.75, 3.05) is 0 Å². The fourth-order valence-corrected chi connectivity index (χ4v) is 7.53. The summed E-state index contributed by atoms with van der Waals surface area (Å²) >= 11 is 0. The van der Waals surface area contributed by atoms with Crippen molar-refractivity contribution in [2.24, 2.45) is 0 Å². The Morgan fingerprint density at radius 1 is 0.551 bits per heavy atom. The minimum absolute atomic E-state index is 0.0747. The van der Waals surface area contributed by atoms with E-state index in [0.717, 1.165) is 71.9 Å². The minimum Gasteiger partial charge on any atom is -0.319 e. The maximum Gasteiger partial charge on any atom is 0.417 e. The normalized spacial score (nSPS) is 12.1. The molecule has 8 aromatic rings. The predicted octanol–water partition coefficient (Wildman–Crippen LogP) is 12.7. The van der Waals surface area contributed by atoms with Gasteiger partial charge < -0.3 is 9.13 Å². The van der Waals surface area contributed by atoms with E-state index in [4.69, 9.17) is 6.57 Å². The number of alkyl halides is 3. The van der Waals surface area contributed by atoms with Gasteiger partial charge in [-0.1, -0.05) is 66.7 Å². The van der Waals surface area contributed by atoms with Gasteiger partial charge in [0.05, 0.1) is 45.6 Å². The second kappa shape index (κ2) is 10.9. The zero-order valence-electron chi connectivity index (χ0n) is 27.8. The Kier molecular flexibility index (Phi) is 6.77. The Labute approximate surface area is 282 Å². The molecule has 0 atom stereocenters. The van der Waals surface area contributed by atoms with E-state index >= 15 is 0 Å². The second-order valence-electron chi connectivity index (χ2n) is 13.2. The average molecular weight is 648 g/mol. The largest absolute Gasteiger partial charge is 0.417 e. The van der Waals surface area contributed by atoms with E-state index in [1.165, 1.54) is 6.07 Å². The number of fused-ring (bicyclic) bond motifs is 6. The van der Waals surface area contributed by atoms with Crippen molar-refractivity contribution in [2.45, 2.75) is 40.8 Å². The van der Waals surface area contributed by atoms with Crippen LogP contribution in [-0.2, 0) is 6.18 Å². The number of aromatic nitrogens is 2. The average Bonchev–Trinajstić information content (AvgIpc) is 3.53. The molecule has 0 spiro atoms. The number of halogens is 3. The van der Waals surface area contributed by atoms with Crippen LogP contribution in [0.5, 0.6) is 0 Å². The molecule has 3 nitrogen and oxygen atoms in total. The van der Waals surface area contributed by atoms with E-state index in [2.05, 4.69) is 70.1 Å². The molecule has 0 aliphatic carbocycles. The number of hydrogen-bond acceptors (Lipinski definition) is 0. The van der Waals surface area contributed by atoms with Crippen LogP contribution in [0.2, 0.25) is 0 Å². The molecule has 6 aromatic carbocycles. The molecular weight excluding hydrogens is 615 g/mol. The Balaban J connectivity index is 1.63. The van der Waals surface area contributed by atoms with Crippen LogP contribution in [0.25, 0.3) is 71.0 Å². The highest BCUT2D eigenvalue weighted by atomic mass is 19.4. The molecule has 2 aromatic heterocycles. The summed E-state index contributed by atoms with van der Waals surface area (Å²) < 4.78 is 48.6. The molecule has 0 aliphatic rings. The van der Waals surface area contributed by atoms with Crippen molar-refractivity contribution in [1.82, 2.24) is 9.13 Å². The number of benzene rings is 6. The molecule has 2 heterocycles. The van der Waals surface area contributed by atoms with Gasteiger partial charge in [-0.3, -0.25) is 0 Å². The molecule has 6 heteroatoms. The molecule has 0 radical (unpaired) electrons. The highest BCUT2D eigenvalue weighted by Crippen LogP contribution is 2.49. The number of aryl methyl sites for hydroxylation is 5. The standard InChI is InChI=1S/C43H32F3N3/c1-24-10-14-29-30-15-11-25(2)21-37(30)48(36(29)20-24)35-19-18-33(40-28(5)8-7-9-34(40)43(44,45)46)42(41(35)47-6)49-38-22-26(3)12-16-31(38)32-17-13-27(4)23-39(32)49/h7-23H,1-5H3. The van der Waals surface area contributed by atoms with Gasteiger partial charge in [0, 0.05) is 21.5 Å². The van der Waals surface area contributed by atoms with Crippen molar-refractivity contribution in [3.05, 3.63) is 148 Å². The molecule has 0 amide bonds. The third-order valence-corrected chi connectivity index (χ3v) is 9.71. The summed E-state index contributed by atoms with van der Waals surface area (Å²) in [6.07, 6.45) is -4.61. The summed E-state index contributed by atoms with van der Waals surface area (Å²) in [5.74, 6) is 0. The fraction of sp³-hybridized carbons (Fsp3) is 0.140. The summed E-state index contributed by atoms with van der Waals surface area (Å²) in [4.78, 5) is 4.23. The maximum absolute atomic E-state index is 14.8. The van der Waals surface area contributed by atoms with Gasteiger partial charge in [0.1, 0.15) is 0 Å². The highest BCUT2D eigenvalue weighted by molar-refractivity contribution is 6.13. The van der Waals surface area contributed by atoms with E-state index in [0.29, 0.717) is 22.5 Å². The fourth-order valence-electron chi connectivity index (χ4n) is 7.53. The van der Waals surface area contributed by atoms with Crippen LogP contribution in [0.1, 0.15) is 33.4 Å².